The van der Waals surface area contributed by atoms with Gasteiger partial charge in [0.15, 0.2) is 0 Å². The van der Waals surface area contributed by atoms with E-state index in [0.717, 1.165) is 11.1 Å². The number of benzene rings is 2. The molecule has 1 aromatic heterocycles. The van der Waals surface area contributed by atoms with Crippen LogP contribution in [0.15, 0.2) is 66.0 Å². The summed E-state index contributed by atoms with van der Waals surface area (Å²) in [6, 6.07) is 11.3. The van der Waals surface area contributed by atoms with Crippen LogP contribution in [0.2, 0.25) is 0 Å². The molecule has 9 nitrogen and oxygen atoms in total. The van der Waals surface area contributed by atoms with Crippen molar-refractivity contribution < 1.29 is 18.0 Å². The molecule has 1 saturated heterocycles. The lowest BCUT2D eigenvalue weighted by molar-refractivity contribution is 0.0532. The zero-order chi connectivity index (χ0) is 24.3. The van der Waals surface area contributed by atoms with Crippen LogP contribution in [0.25, 0.3) is 0 Å². The molecule has 10 heteroatoms. The second-order valence-corrected chi connectivity index (χ2v) is 9.79. The fourth-order valence-corrected chi connectivity index (χ4v) is 4.79. The molecule has 1 aliphatic heterocycles. The third-order valence-electron chi connectivity index (χ3n) is 5.81. The van der Waals surface area contributed by atoms with Gasteiger partial charge in [-0.25, -0.2) is 13.4 Å². The highest BCUT2D eigenvalue weighted by Crippen LogP contribution is 2.20. The third kappa shape index (κ3) is 5.07. The second-order valence-electron chi connectivity index (χ2n) is 8.10. The van der Waals surface area contributed by atoms with Crippen molar-refractivity contribution in [1.29, 1.82) is 0 Å². The lowest BCUT2D eigenvalue weighted by atomic mass is 10.1. The highest BCUT2D eigenvalue weighted by molar-refractivity contribution is 7.92. The topological polar surface area (TPSA) is 113 Å². The van der Waals surface area contributed by atoms with Gasteiger partial charge in [0.25, 0.3) is 21.8 Å². The summed E-state index contributed by atoms with van der Waals surface area (Å²) >= 11 is 0. The van der Waals surface area contributed by atoms with Crippen molar-refractivity contribution in [3.05, 3.63) is 83.4 Å². The summed E-state index contributed by atoms with van der Waals surface area (Å²) in [5.41, 5.74) is 3.00. The fraction of sp³-hybridized carbons (Fsp3) is 0.250. The third-order valence-corrected chi connectivity index (χ3v) is 7.19. The summed E-state index contributed by atoms with van der Waals surface area (Å²) in [6.07, 6.45) is 4.40. The molecule has 34 heavy (non-hydrogen) atoms. The van der Waals surface area contributed by atoms with E-state index in [1.54, 1.807) is 52.3 Å². The van der Waals surface area contributed by atoms with Crippen LogP contribution in [0.4, 0.5) is 5.69 Å². The Balaban J connectivity index is 1.37. The molecule has 2 heterocycles. The number of hydrogen-bond donors (Lipinski definition) is 1. The molecule has 2 aromatic carbocycles. The summed E-state index contributed by atoms with van der Waals surface area (Å²) in [7, 11) is -3.74. The summed E-state index contributed by atoms with van der Waals surface area (Å²) in [6.45, 7) is 5.37. The molecular formula is C24H25N5O4S. The number of rotatable bonds is 5. The smallest absolute Gasteiger partial charge is 0.274 e. The van der Waals surface area contributed by atoms with Gasteiger partial charge in [-0.15, -0.1) is 0 Å². The van der Waals surface area contributed by atoms with Gasteiger partial charge in [0.2, 0.25) is 0 Å². The Hall–Kier alpha value is -3.79. The van der Waals surface area contributed by atoms with Crippen LogP contribution in [-0.2, 0) is 10.0 Å². The van der Waals surface area contributed by atoms with Gasteiger partial charge >= 0.3 is 0 Å². The Labute approximate surface area is 198 Å². The van der Waals surface area contributed by atoms with Gasteiger partial charge in [-0.1, -0.05) is 6.07 Å². The fourth-order valence-electron chi connectivity index (χ4n) is 3.64. The Morgan fingerprint density at radius 3 is 2.09 bits per heavy atom. The maximum absolute atomic E-state index is 12.9. The van der Waals surface area contributed by atoms with Crippen molar-refractivity contribution >= 4 is 27.5 Å². The van der Waals surface area contributed by atoms with Gasteiger partial charge in [-0.05, 0) is 61.4 Å². The summed E-state index contributed by atoms with van der Waals surface area (Å²) in [4.78, 5) is 36.9. The van der Waals surface area contributed by atoms with Gasteiger partial charge in [0.1, 0.15) is 5.69 Å². The van der Waals surface area contributed by atoms with Gasteiger partial charge in [-0.3, -0.25) is 19.3 Å². The number of piperazine rings is 1. The van der Waals surface area contributed by atoms with E-state index in [1.165, 1.54) is 18.6 Å². The minimum absolute atomic E-state index is 0.171. The number of carbonyl (C=O) groups excluding carboxylic acids is 2. The summed E-state index contributed by atoms with van der Waals surface area (Å²) < 4.78 is 27.9. The van der Waals surface area contributed by atoms with E-state index in [4.69, 9.17) is 0 Å². The molecule has 4 rings (SSSR count). The minimum atomic E-state index is -3.74. The van der Waals surface area contributed by atoms with Gasteiger partial charge in [0, 0.05) is 49.8 Å². The second kappa shape index (κ2) is 9.60. The van der Waals surface area contributed by atoms with E-state index in [-0.39, 0.29) is 22.4 Å². The van der Waals surface area contributed by atoms with Crippen LogP contribution in [0.1, 0.15) is 32.0 Å². The number of anilines is 1. The summed E-state index contributed by atoms with van der Waals surface area (Å²) in [5.74, 6) is -0.379. The number of aromatic nitrogens is 2. The average Bonchev–Trinajstić information content (AvgIpc) is 2.85. The van der Waals surface area contributed by atoms with Crippen LogP contribution >= 0.6 is 0 Å². The van der Waals surface area contributed by atoms with E-state index in [0.29, 0.717) is 37.4 Å². The molecular weight excluding hydrogens is 454 g/mol. The number of nitrogens with zero attached hydrogens (tertiary/aromatic N) is 4. The SMILES string of the molecule is Cc1ccc(S(=O)(=O)Nc2ccc(C(=O)N3CCN(C(=O)c4cnccn4)CC3)cc2)cc1C. The van der Waals surface area contributed by atoms with E-state index >= 15 is 0 Å². The molecule has 176 valence electrons. The normalized spacial score (nSPS) is 14.1. The Bertz CT molecular complexity index is 1300. The quantitative estimate of drug-likeness (QED) is 0.602. The number of hydrogen-bond acceptors (Lipinski definition) is 6. The molecule has 0 bridgehead atoms. The van der Waals surface area contributed by atoms with Crippen LogP contribution in [0.5, 0.6) is 0 Å². The number of nitrogens with one attached hydrogen (secondary N) is 1. The molecule has 3 aromatic rings. The van der Waals surface area contributed by atoms with Crippen LogP contribution in [-0.4, -0.2) is 66.2 Å². The highest BCUT2D eigenvalue weighted by atomic mass is 32.2. The van der Waals surface area contributed by atoms with Gasteiger partial charge < -0.3 is 9.80 Å². The van der Waals surface area contributed by atoms with E-state index in [9.17, 15) is 18.0 Å². The number of carbonyl (C=O) groups is 2. The zero-order valence-corrected chi connectivity index (χ0v) is 19.7. The first-order chi connectivity index (χ1) is 16.2. The van der Waals surface area contributed by atoms with Crippen molar-refractivity contribution in [3.8, 4) is 0 Å². The number of aryl methyl sites for hydroxylation is 2. The van der Waals surface area contributed by atoms with Crippen LogP contribution < -0.4 is 4.72 Å². The van der Waals surface area contributed by atoms with Crippen molar-refractivity contribution in [3.63, 3.8) is 0 Å². The lowest BCUT2D eigenvalue weighted by Gasteiger charge is -2.34. The lowest BCUT2D eigenvalue weighted by Crippen LogP contribution is -2.50. The Morgan fingerprint density at radius 1 is 0.853 bits per heavy atom. The van der Waals surface area contributed by atoms with Crippen molar-refractivity contribution in [2.24, 2.45) is 0 Å². The number of sulfonamides is 1. The van der Waals surface area contributed by atoms with Crippen molar-refractivity contribution in [2.75, 3.05) is 30.9 Å². The summed E-state index contributed by atoms with van der Waals surface area (Å²) in [5, 5.41) is 0. The van der Waals surface area contributed by atoms with Gasteiger partial charge in [0.05, 0.1) is 11.1 Å². The molecule has 2 amide bonds. The monoisotopic (exact) mass is 479 g/mol. The zero-order valence-electron chi connectivity index (χ0n) is 18.9. The Kier molecular flexibility index (Phi) is 6.60. The molecule has 0 radical (unpaired) electrons. The van der Waals surface area contributed by atoms with Crippen LogP contribution in [0.3, 0.4) is 0 Å². The maximum Gasteiger partial charge on any atom is 0.274 e. The predicted molar refractivity (Wildman–Crippen MR) is 127 cm³/mol. The number of amides is 2. The van der Waals surface area contributed by atoms with E-state index < -0.39 is 10.0 Å². The van der Waals surface area contributed by atoms with Crippen LogP contribution in [0, 0.1) is 13.8 Å². The molecule has 1 N–H and O–H groups in total. The van der Waals surface area contributed by atoms with E-state index in [1.807, 2.05) is 13.8 Å². The standard InChI is InChI=1S/C24H25N5O4S/c1-17-3-8-21(15-18(17)2)34(32,33)27-20-6-4-19(5-7-20)23(30)28-11-13-29(14-12-28)24(31)22-16-25-9-10-26-22/h3-10,15-16,27H,11-14H2,1-2H3. The highest BCUT2D eigenvalue weighted by Gasteiger charge is 2.26. The van der Waals surface area contributed by atoms with Crippen molar-refractivity contribution in [2.45, 2.75) is 18.7 Å². The first-order valence-electron chi connectivity index (χ1n) is 10.8. The molecule has 0 atom stereocenters. The minimum Gasteiger partial charge on any atom is -0.335 e. The predicted octanol–water partition coefficient (Wildman–Crippen LogP) is 2.49. The molecule has 1 fully saturated rings. The largest absolute Gasteiger partial charge is 0.335 e. The molecule has 0 aliphatic carbocycles. The maximum atomic E-state index is 12.9. The molecule has 1 aliphatic rings. The van der Waals surface area contributed by atoms with E-state index in [2.05, 4.69) is 14.7 Å². The molecule has 0 saturated carbocycles. The molecule has 0 spiro atoms. The first kappa shape index (κ1) is 23.4. The molecule has 0 unspecified atom stereocenters. The Morgan fingerprint density at radius 2 is 1.50 bits per heavy atom. The first-order valence-corrected chi connectivity index (χ1v) is 12.3. The van der Waals surface area contributed by atoms with Gasteiger partial charge in [-0.2, -0.15) is 0 Å². The van der Waals surface area contributed by atoms with Crippen molar-refractivity contribution in [1.82, 2.24) is 19.8 Å². The average molecular weight is 480 g/mol.